The molecule has 0 radical (unpaired) electrons. The first-order chi connectivity index (χ1) is 15.7. The molecule has 0 spiro atoms. The number of pyridine rings is 1. The van der Waals surface area contributed by atoms with E-state index in [4.69, 9.17) is 19.9 Å². The third-order valence-corrected chi connectivity index (χ3v) is 5.79. The summed E-state index contributed by atoms with van der Waals surface area (Å²) in [6.45, 7) is 13.4. The van der Waals surface area contributed by atoms with Crippen molar-refractivity contribution in [1.29, 1.82) is 0 Å². The van der Waals surface area contributed by atoms with Crippen molar-refractivity contribution in [3.8, 4) is 5.75 Å². The number of nitrogens with zero attached hydrogens (tertiary/aromatic N) is 2. The summed E-state index contributed by atoms with van der Waals surface area (Å²) >= 11 is 0. The molecule has 0 saturated carbocycles. The van der Waals surface area contributed by atoms with Gasteiger partial charge in [-0.25, -0.2) is 0 Å². The van der Waals surface area contributed by atoms with Crippen LogP contribution in [0.5, 0.6) is 5.75 Å². The first-order valence-electron chi connectivity index (χ1n) is 11.5. The fourth-order valence-electron chi connectivity index (χ4n) is 3.84. The molecular weight excluding hydrogens is 418 g/mol. The molecule has 0 fully saturated rings. The lowest BCUT2D eigenvalue weighted by Gasteiger charge is -2.30. The van der Waals surface area contributed by atoms with Crippen molar-refractivity contribution in [1.82, 2.24) is 9.88 Å². The SMILES string of the molecule is CCOC(CN(Cc1ccc(C)c(C)n1)C(=O)[C@@H](N)Cc1c(C)cc(OC)cc1C)OCC. The van der Waals surface area contributed by atoms with Gasteiger partial charge in [-0.05, 0) is 88.4 Å². The maximum atomic E-state index is 13.5. The van der Waals surface area contributed by atoms with E-state index in [1.165, 1.54) is 0 Å². The van der Waals surface area contributed by atoms with Crippen LogP contribution in [-0.4, -0.2) is 55.0 Å². The van der Waals surface area contributed by atoms with Crippen LogP contribution in [0.3, 0.4) is 0 Å². The van der Waals surface area contributed by atoms with E-state index in [2.05, 4.69) is 4.98 Å². The third-order valence-electron chi connectivity index (χ3n) is 5.79. The maximum absolute atomic E-state index is 13.5. The maximum Gasteiger partial charge on any atom is 0.240 e. The van der Waals surface area contributed by atoms with Gasteiger partial charge in [0.25, 0.3) is 0 Å². The second-order valence-electron chi connectivity index (χ2n) is 8.31. The summed E-state index contributed by atoms with van der Waals surface area (Å²) < 4.78 is 16.8. The Morgan fingerprint density at radius 2 is 1.64 bits per heavy atom. The molecule has 7 heteroatoms. The summed E-state index contributed by atoms with van der Waals surface area (Å²) in [5.41, 5.74) is 12.5. The first-order valence-corrected chi connectivity index (χ1v) is 11.5. The van der Waals surface area contributed by atoms with Crippen LogP contribution in [0.4, 0.5) is 0 Å². The van der Waals surface area contributed by atoms with Gasteiger partial charge in [0, 0.05) is 18.9 Å². The Morgan fingerprint density at radius 3 is 2.15 bits per heavy atom. The molecule has 2 N–H and O–H groups in total. The zero-order chi connectivity index (χ0) is 24.5. The molecule has 2 rings (SSSR count). The number of aromatic nitrogens is 1. The molecule has 0 aliphatic carbocycles. The molecule has 1 atom stereocenters. The van der Waals surface area contributed by atoms with Gasteiger partial charge < -0.3 is 24.8 Å². The molecule has 2 aromatic rings. The molecule has 1 heterocycles. The molecule has 0 bridgehead atoms. The minimum atomic E-state index is -0.703. The minimum Gasteiger partial charge on any atom is -0.497 e. The smallest absolute Gasteiger partial charge is 0.240 e. The van der Waals surface area contributed by atoms with Gasteiger partial charge in [0.2, 0.25) is 5.91 Å². The molecule has 1 aromatic carbocycles. The third kappa shape index (κ3) is 7.52. The zero-order valence-electron chi connectivity index (χ0n) is 21.1. The molecule has 0 unspecified atom stereocenters. The molecule has 0 aliphatic rings. The summed E-state index contributed by atoms with van der Waals surface area (Å²) in [5.74, 6) is 0.640. The second kappa shape index (κ2) is 12.7. The van der Waals surface area contributed by atoms with Crippen LogP contribution in [0.1, 0.15) is 47.5 Å². The van der Waals surface area contributed by atoms with E-state index < -0.39 is 12.3 Å². The highest BCUT2D eigenvalue weighted by molar-refractivity contribution is 5.82. The molecule has 0 saturated heterocycles. The van der Waals surface area contributed by atoms with Crippen LogP contribution in [0.2, 0.25) is 0 Å². The Hall–Kier alpha value is -2.48. The highest BCUT2D eigenvalue weighted by Crippen LogP contribution is 2.23. The number of nitrogens with two attached hydrogens (primary N) is 1. The summed E-state index contributed by atoms with van der Waals surface area (Å²) in [4.78, 5) is 19.9. The average molecular weight is 458 g/mol. The van der Waals surface area contributed by atoms with Crippen molar-refractivity contribution in [2.24, 2.45) is 5.73 Å². The molecule has 1 amide bonds. The van der Waals surface area contributed by atoms with Crippen LogP contribution >= 0.6 is 0 Å². The fourth-order valence-corrected chi connectivity index (χ4v) is 3.84. The van der Waals surface area contributed by atoms with Gasteiger partial charge in [-0.3, -0.25) is 9.78 Å². The lowest BCUT2D eigenvalue weighted by molar-refractivity contribution is -0.160. The zero-order valence-corrected chi connectivity index (χ0v) is 21.1. The number of benzene rings is 1. The molecule has 7 nitrogen and oxygen atoms in total. The molecule has 0 aliphatic heterocycles. The summed E-state index contributed by atoms with van der Waals surface area (Å²) in [7, 11) is 1.65. The van der Waals surface area contributed by atoms with Crippen LogP contribution in [0, 0.1) is 27.7 Å². The number of rotatable bonds is 12. The lowest BCUT2D eigenvalue weighted by Crippen LogP contribution is -2.48. The predicted octanol–water partition coefficient (Wildman–Crippen LogP) is 3.62. The Labute approximate surface area is 198 Å². The number of carbonyl (C=O) groups is 1. The molecule has 182 valence electrons. The van der Waals surface area contributed by atoms with E-state index in [-0.39, 0.29) is 12.5 Å². The van der Waals surface area contributed by atoms with Crippen molar-refractivity contribution in [3.63, 3.8) is 0 Å². The monoisotopic (exact) mass is 457 g/mol. The number of amides is 1. The fraction of sp³-hybridized carbons (Fsp3) is 0.538. The van der Waals surface area contributed by atoms with Crippen molar-refractivity contribution in [2.75, 3.05) is 26.9 Å². The Morgan fingerprint density at radius 1 is 1.03 bits per heavy atom. The van der Waals surface area contributed by atoms with Gasteiger partial charge in [-0.15, -0.1) is 0 Å². The minimum absolute atomic E-state index is 0.158. The van der Waals surface area contributed by atoms with Crippen molar-refractivity contribution in [3.05, 3.63) is 57.9 Å². The first kappa shape index (κ1) is 26.8. The summed E-state index contributed by atoms with van der Waals surface area (Å²) in [5, 5.41) is 0. The average Bonchev–Trinajstić information content (AvgIpc) is 2.77. The summed E-state index contributed by atoms with van der Waals surface area (Å²) in [6, 6.07) is 7.20. The van der Waals surface area contributed by atoms with Gasteiger partial charge in [0.05, 0.1) is 31.9 Å². The topological polar surface area (TPSA) is 86.9 Å². The Balaban J connectivity index is 2.27. The van der Waals surface area contributed by atoms with Gasteiger partial charge >= 0.3 is 0 Å². The number of methoxy groups -OCH3 is 1. The van der Waals surface area contributed by atoms with Gasteiger partial charge in [0.15, 0.2) is 6.29 Å². The lowest BCUT2D eigenvalue weighted by atomic mass is 9.95. The largest absolute Gasteiger partial charge is 0.497 e. The highest BCUT2D eigenvalue weighted by atomic mass is 16.7. The van der Waals surface area contributed by atoms with Crippen molar-refractivity contribution in [2.45, 2.75) is 66.8 Å². The van der Waals surface area contributed by atoms with Crippen LogP contribution in [0.25, 0.3) is 0 Å². The van der Waals surface area contributed by atoms with E-state index in [1.54, 1.807) is 12.0 Å². The molecule has 1 aromatic heterocycles. The molecule has 33 heavy (non-hydrogen) atoms. The van der Waals surface area contributed by atoms with Gasteiger partial charge in [0.1, 0.15) is 5.75 Å². The van der Waals surface area contributed by atoms with Gasteiger partial charge in [-0.2, -0.15) is 0 Å². The van der Waals surface area contributed by atoms with Gasteiger partial charge in [-0.1, -0.05) is 6.07 Å². The normalized spacial score (nSPS) is 12.2. The molecular formula is C26H39N3O4. The standard InChI is InChI=1S/C26H39N3O4/c1-8-32-25(33-9-2)16-29(15-21-11-10-17(3)20(6)28-21)26(30)24(27)14-23-18(4)12-22(31-7)13-19(23)5/h10-13,24-25H,8-9,14-16,27H2,1-7H3/t24-/m0/s1. The quantitative estimate of drug-likeness (QED) is 0.490. The van der Waals surface area contributed by atoms with Crippen LogP contribution < -0.4 is 10.5 Å². The van der Waals surface area contributed by atoms with Crippen molar-refractivity contribution < 1.29 is 19.0 Å². The van der Waals surface area contributed by atoms with E-state index in [0.717, 1.165) is 39.4 Å². The van der Waals surface area contributed by atoms with E-state index in [0.29, 0.717) is 26.2 Å². The van der Waals surface area contributed by atoms with E-state index >= 15 is 0 Å². The number of ether oxygens (including phenoxy) is 3. The Kier molecular flexibility index (Phi) is 10.3. The number of hydrogen-bond donors (Lipinski definition) is 1. The second-order valence-corrected chi connectivity index (χ2v) is 8.31. The van der Waals surface area contributed by atoms with E-state index in [9.17, 15) is 4.79 Å². The summed E-state index contributed by atoms with van der Waals surface area (Å²) in [6.07, 6.45) is -0.0854. The van der Waals surface area contributed by atoms with E-state index in [1.807, 2.05) is 65.8 Å². The highest BCUT2D eigenvalue weighted by Gasteiger charge is 2.26. The predicted molar refractivity (Wildman–Crippen MR) is 130 cm³/mol. The Bertz CT molecular complexity index is 903. The van der Waals surface area contributed by atoms with Crippen LogP contribution in [-0.2, 0) is 27.2 Å². The van der Waals surface area contributed by atoms with Crippen molar-refractivity contribution >= 4 is 5.91 Å². The number of aryl methyl sites for hydroxylation is 4. The number of carbonyl (C=O) groups excluding carboxylic acids is 1. The number of hydrogen-bond acceptors (Lipinski definition) is 6. The van der Waals surface area contributed by atoms with Crippen LogP contribution in [0.15, 0.2) is 24.3 Å².